The Bertz CT molecular complexity index is 822. The predicted octanol–water partition coefficient (Wildman–Crippen LogP) is 5.87. The number of nitrogens with zero attached hydrogens (tertiary/aromatic N) is 1. The van der Waals surface area contributed by atoms with Gasteiger partial charge in [0.25, 0.3) is 5.69 Å². The van der Waals surface area contributed by atoms with E-state index < -0.39 is 4.92 Å². The highest BCUT2D eigenvalue weighted by Crippen LogP contribution is 2.24. The van der Waals surface area contributed by atoms with Gasteiger partial charge in [0.05, 0.1) is 16.3 Å². The zero-order valence-electron chi connectivity index (χ0n) is 17.7. The van der Waals surface area contributed by atoms with E-state index in [2.05, 4.69) is 17.6 Å². The van der Waals surface area contributed by atoms with E-state index >= 15 is 0 Å². The number of unbranched alkanes of at least 4 members (excludes halogenated alkanes) is 6. The van der Waals surface area contributed by atoms with E-state index in [-0.39, 0.29) is 11.6 Å². The normalized spacial score (nSPS) is 10.6. The Morgan fingerprint density at radius 1 is 1.00 bits per heavy atom. The van der Waals surface area contributed by atoms with Gasteiger partial charge in [-0.1, -0.05) is 57.6 Å². The third-order valence-electron chi connectivity index (χ3n) is 4.98. The summed E-state index contributed by atoms with van der Waals surface area (Å²) in [6.07, 6.45) is 8.73. The summed E-state index contributed by atoms with van der Waals surface area (Å²) in [4.78, 5) is 22.4. The molecule has 4 N–H and O–H groups in total. The molecule has 2 aromatic rings. The molecule has 30 heavy (non-hydrogen) atoms. The maximum Gasteiger partial charge on any atom is 0.269 e. The summed E-state index contributed by atoms with van der Waals surface area (Å²) in [7, 11) is 0. The van der Waals surface area contributed by atoms with Crippen LogP contribution in [0.15, 0.2) is 42.5 Å². The molecule has 0 spiro atoms. The number of nitrogen functional groups attached to an aromatic ring is 1. The molecule has 0 unspecified atom stereocenters. The van der Waals surface area contributed by atoms with Crippen LogP contribution in [0.1, 0.15) is 63.9 Å². The molecule has 162 valence electrons. The quantitative estimate of drug-likeness (QED) is 0.165. The van der Waals surface area contributed by atoms with Gasteiger partial charge in [0.15, 0.2) is 0 Å². The van der Waals surface area contributed by atoms with Crippen molar-refractivity contribution in [1.29, 1.82) is 0 Å². The number of carbonyl (C=O) groups excluding carboxylic acids is 1. The van der Waals surface area contributed by atoms with Crippen LogP contribution in [-0.4, -0.2) is 10.8 Å². The van der Waals surface area contributed by atoms with Crippen LogP contribution in [0.2, 0.25) is 0 Å². The van der Waals surface area contributed by atoms with E-state index in [0.29, 0.717) is 24.3 Å². The minimum Gasteiger partial charge on any atom is -0.397 e. The third kappa shape index (κ3) is 8.11. The Kier molecular flexibility index (Phi) is 9.64. The first-order valence-electron chi connectivity index (χ1n) is 10.7. The number of non-ortho nitro benzene ring substituents is 1. The van der Waals surface area contributed by atoms with Crippen molar-refractivity contribution in [3.8, 4) is 0 Å². The molecule has 1 amide bonds. The van der Waals surface area contributed by atoms with Crippen LogP contribution < -0.4 is 16.4 Å². The summed E-state index contributed by atoms with van der Waals surface area (Å²) in [5.41, 5.74) is 9.00. The second kappa shape index (κ2) is 12.5. The minimum absolute atomic E-state index is 0.0122. The number of carbonyl (C=O) groups is 1. The molecule has 0 bridgehead atoms. The van der Waals surface area contributed by atoms with E-state index in [1.165, 1.54) is 44.2 Å². The van der Waals surface area contributed by atoms with Gasteiger partial charge in [-0.05, 0) is 30.2 Å². The third-order valence-corrected chi connectivity index (χ3v) is 4.98. The number of rotatable bonds is 13. The van der Waals surface area contributed by atoms with E-state index in [1.807, 2.05) is 6.07 Å². The zero-order chi connectivity index (χ0) is 21.8. The van der Waals surface area contributed by atoms with Gasteiger partial charge in [-0.3, -0.25) is 14.9 Å². The molecule has 2 rings (SSSR count). The van der Waals surface area contributed by atoms with Crippen LogP contribution in [0, 0.1) is 10.1 Å². The molecule has 0 aliphatic heterocycles. The van der Waals surface area contributed by atoms with Gasteiger partial charge in [-0.15, -0.1) is 0 Å². The highest BCUT2D eigenvalue weighted by atomic mass is 16.6. The van der Waals surface area contributed by atoms with Crippen molar-refractivity contribution in [2.24, 2.45) is 0 Å². The number of anilines is 3. The van der Waals surface area contributed by atoms with Crippen molar-refractivity contribution in [3.05, 3.63) is 58.1 Å². The van der Waals surface area contributed by atoms with Crippen LogP contribution in [0.25, 0.3) is 0 Å². The summed E-state index contributed by atoms with van der Waals surface area (Å²) in [5, 5.41) is 16.8. The summed E-state index contributed by atoms with van der Waals surface area (Å²) >= 11 is 0. The maximum atomic E-state index is 12.1. The fourth-order valence-corrected chi connectivity index (χ4v) is 3.18. The SMILES string of the molecule is CCCCCCCCCC(=O)Nc1ccc(NCc2ccc([N+](=O)[O-])cc2)cc1N. The van der Waals surface area contributed by atoms with Crippen molar-refractivity contribution < 1.29 is 9.72 Å². The summed E-state index contributed by atoms with van der Waals surface area (Å²) in [6, 6.07) is 11.8. The van der Waals surface area contributed by atoms with Gasteiger partial charge < -0.3 is 16.4 Å². The Morgan fingerprint density at radius 3 is 2.30 bits per heavy atom. The molecule has 0 radical (unpaired) electrons. The molecule has 0 aliphatic rings. The molecule has 2 aromatic carbocycles. The molecule has 0 saturated heterocycles. The number of hydrogen-bond acceptors (Lipinski definition) is 5. The summed E-state index contributed by atoms with van der Waals surface area (Å²) in [5.74, 6) is -0.0122. The average Bonchev–Trinajstić information content (AvgIpc) is 2.73. The molecule has 0 fully saturated rings. The van der Waals surface area contributed by atoms with E-state index in [1.54, 1.807) is 24.3 Å². The first kappa shape index (κ1) is 23.2. The topological polar surface area (TPSA) is 110 Å². The number of benzene rings is 2. The fourth-order valence-electron chi connectivity index (χ4n) is 3.18. The second-order valence-electron chi connectivity index (χ2n) is 7.50. The van der Waals surface area contributed by atoms with Crippen molar-refractivity contribution >= 4 is 28.7 Å². The van der Waals surface area contributed by atoms with Crippen molar-refractivity contribution in [2.45, 2.75) is 64.8 Å². The van der Waals surface area contributed by atoms with E-state index in [0.717, 1.165) is 24.1 Å². The smallest absolute Gasteiger partial charge is 0.269 e. The zero-order valence-corrected chi connectivity index (χ0v) is 17.7. The number of nitro benzene ring substituents is 1. The average molecular weight is 413 g/mol. The Balaban J connectivity index is 1.75. The Morgan fingerprint density at radius 2 is 1.67 bits per heavy atom. The van der Waals surface area contributed by atoms with Gasteiger partial charge in [-0.25, -0.2) is 0 Å². The van der Waals surface area contributed by atoms with Crippen LogP contribution >= 0.6 is 0 Å². The van der Waals surface area contributed by atoms with Crippen molar-refractivity contribution in [1.82, 2.24) is 0 Å². The molecule has 0 atom stereocenters. The molecular weight excluding hydrogens is 380 g/mol. The second-order valence-corrected chi connectivity index (χ2v) is 7.50. The first-order valence-corrected chi connectivity index (χ1v) is 10.7. The van der Waals surface area contributed by atoms with Crippen LogP contribution in [0.5, 0.6) is 0 Å². The fraction of sp³-hybridized carbons (Fsp3) is 0.435. The number of amides is 1. The molecular formula is C23H32N4O3. The number of nitro groups is 1. The molecule has 0 saturated carbocycles. The summed E-state index contributed by atoms with van der Waals surface area (Å²) in [6.45, 7) is 2.72. The van der Waals surface area contributed by atoms with Crippen LogP contribution in [-0.2, 0) is 11.3 Å². The number of nitrogens with one attached hydrogen (secondary N) is 2. The van der Waals surface area contributed by atoms with Crippen LogP contribution in [0.4, 0.5) is 22.7 Å². The minimum atomic E-state index is -0.418. The highest BCUT2D eigenvalue weighted by molar-refractivity contribution is 5.94. The van der Waals surface area contributed by atoms with Gasteiger partial charge in [0.1, 0.15) is 0 Å². The lowest BCUT2D eigenvalue weighted by Crippen LogP contribution is -2.12. The largest absolute Gasteiger partial charge is 0.397 e. The van der Waals surface area contributed by atoms with Gasteiger partial charge >= 0.3 is 0 Å². The first-order chi connectivity index (χ1) is 14.5. The number of hydrogen-bond donors (Lipinski definition) is 3. The summed E-state index contributed by atoms with van der Waals surface area (Å²) < 4.78 is 0. The lowest BCUT2D eigenvalue weighted by molar-refractivity contribution is -0.384. The molecule has 7 heteroatoms. The monoisotopic (exact) mass is 412 g/mol. The maximum absolute atomic E-state index is 12.1. The van der Waals surface area contributed by atoms with Crippen molar-refractivity contribution in [3.63, 3.8) is 0 Å². The van der Waals surface area contributed by atoms with Gasteiger partial charge in [0, 0.05) is 30.8 Å². The van der Waals surface area contributed by atoms with E-state index in [9.17, 15) is 14.9 Å². The Labute approximate surface area is 178 Å². The Hall–Kier alpha value is -3.09. The van der Waals surface area contributed by atoms with Crippen molar-refractivity contribution in [2.75, 3.05) is 16.4 Å². The number of nitrogens with two attached hydrogens (primary N) is 1. The van der Waals surface area contributed by atoms with Gasteiger partial charge in [0.2, 0.25) is 5.91 Å². The molecule has 0 aliphatic carbocycles. The van der Waals surface area contributed by atoms with Gasteiger partial charge in [-0.2, -0.15) is 0 Å². The standard InChI is InChI=1S/C23H32N4O3/c1-2-3-4-5-6-7-8-9-23(28)26-22-15-12-19(16-21(22)24)25-17-18-10-13-20(14-11-18)27(29)30/h10-16,25H,2-9,17,24H2,1H3,(H,26,28). The van der Waals surface area contributed by atoms with Crippen LogP contribution in [0.3, 0.4) is 0 Å². The molecule has 0 aromatic heterocycles. The highest BCUT2D eigenvalue weighted by Gasteiger charge is 2.07. The molecule has 0 heterocycles. The lowest BCUT2D eigenvalue weighted by Gasteiger charge is -2.12. The molecule has 7 nitrogen and oxygen atoms in total. The van der Waals surface area contributed by atoms with E-state index in [4.69, 9.17) is 5.73 Å². The lowest BCUT2D eigenvalue weighted by atomic mass is 10.1. The predicted molar refractivity (Wildman–Crippen MR) is 123 cm³/mol.